The van der Waals surface area contributed by atoms with Gasteiger partial charge in [0.05, 0.1) is 17.3 Å². The Balaban J connectivity index is 1.55. The highest BCUT2D eigenvalue weighted by atomic mass is 79.9. The lowest BCUT2D eigenvalue weighted by Gasteiger charge is -2.31. The Bertz CT molecular complexity index is 1770. The van der Waals surface area contributed by atoms with Crippen molar-refractivity contribution in [1.82, 2.24) is 5.32 Å². The van der Waals surface area contributed by atoms with E-state index in [0.29, 0.717) is 39.4 Å². The lowest BCUT2D eigenvalue weighted by atomic mass is 9.85. The highest BCUT2D eigenvalue weighted by Gasteiger charge is 2.54. The first-order chi connectivity index (χ1) is 21.7. The minimum absolute atomic E-state index is 0.0284. The molecule has 1 amide bonds. The van der Waals surface area contributed by atoms with Crippen molar-refractivity contribution in [3.05, 3.63) is 129 Å². The number of hydrogen-bond donors (Lipinski definition) is 2. The number of carbonyl (C=O) groups excluding carboxylic acids is 1. The third-order valence-corrected chi connectivity index (χ3v) is 10.1. The number of rotatable bonds is 13. The summed E-state index contributed by atoms with van der Waals surface area (Å²) in [4.78, 5) is 19.5. The van der Waals surface area contributed by atoms with Crippen LogP contribution in [-0.2, 0) is 25.9 Å². The van der Waals surface area contributed by atoms with Crippen molar-refractivity contribution >= 4 is 49.2 Å². The number of sulfone groups is 1. The van der Waals surface area contributed by atoms with Gasteiger partial charge < -0.3 is 19.9 Å². The van der Waals surface area contributed by atoms with Crippen LogP contribution in [0.3, 0.4) is 0 Å². The van der Waals surface area contributed by atoms with E-state index >= 15 is 0 Å². The van der Waals surface area contributed by atoms with E-state index in [1.807, 2.05) is 30.3 Å². The average Bonchev–Trinajstić information content (AvgIpc) is 3.44. The number of nitrogens with one attached hydrogen (secondary N) is 1. The van der Waals surface area contributed by atoms with Crippen LogP contribution >= 0.6 is 27.5 Å². The molecule has 0 saturated heterocycles. The van der Waals surface area contributed by atoms with Crippen molar-refractivity contribution in [2.45, 2.75) is 35.9 Å². The van der Waals surface area contributed by atoms with Gasteiger partial charge in [-0.25, -0.2) is 13.4 Å². The summed E-state index contributed by atoms with van der Waals surface area (Å²) in [6.07, 6.45) is -0.596. The second-order valence-corrected chi connectivity index (χ2v) is 13.9. The van der Waals surface area contributed by atoms with E-state index in [4.69, 9.17) is 31.2 Å². The Kier molecular flexibility index (Phi) is 10.6. The normalized spacial score (nSPS) is 17.8. The second kappa shape index (κ2) is 14.6. The Morgan fingerprint density at radius 1 is 1.00 bits per heavy atom. The topological polar surface area (TPSA) is 114 Å². The molecule has 0 aliphatic carbocycles. The summed E-state index contributed by atoms with van der Waals surface area (Å²) in [5.41, 5.74) is 0.378. The van der Waals surface area contributed by atoms with Gasteiger partial charge in [0.25, 0.3) is 5.91 Å². The molecule has 0 aromatic heterocycles. The molecule has 1 heterocycles. The van der Waals surface area contributed by atoms with Crippen molar-refractivity contribution in [1.29, 1.82) is 0 Å². The van der Waals surface area contributed by atoms with Gasteiger partial charge in [-0.15, -0.1) is 0 Å². The SMILES string of the molecule is O=C(NCc1cccc(Cl)c1)[C@]1(CCS(=O)(=O)c2ccccc2)N=C(c2ccc(OCCCO)cc2)O[C@@H]1c1ccccc1Br. The fourth-order valence-electron chi connectivity index (χ4n) is 5.05. The van der Waals surface area contributed by atoms with Gasteiger partial charge in [0, 0.05) is 46.6 Å². The summed E-state index contributed by atoms with van der Waals surface area (Å²) in [6.45, 7) is 0.545. The van der Waals surface area contributed by atoms with E-state index in [-0.39, 0.29) is 36.1 Å². The summed E-state index contributed by atoms with van der Waals surface area (Å²) in [5, 5.41) is 12.6. The molecule has 0 unspecified atom stereocenters. The van der Waals surface area contributed by atoms with Crippen LogP contribution < -0.4 is 10.1 Å². The zero-order valence-electron chi connectivity index (χ0n) is 24.2. The van der Waals surface area contributed by atoms with E-state index in [1.165, 1.54) is 12.1 Å². The quantitative estimate of drug-likeness (QED) is 0.158. The molecule has 2 atom stereocenters. The first-order valence-electron chi connectivity index (χ1n) is 14.4. The molecule has 0 bridgehead atoms. The number of benzene rings is 4. The number of aliphatic hydroxyl groups excluding tert-OH is 1. The van der Waals surface area contributed by atoms with E-state index in [9.17, 15) is 13.2 Å². The number of amides is 1. The smallest absolute Gasteiger partial charge is 0.252 e. The molecule has 45 heavy (non-hydrogen) atoms. The second-order valence-electron chi connectivity index (χ2n) is 10.5. The van der Waals surface area contributed by atoms with Crippen LogP contribution in [0.5, 0.6) is 5.75 Å². The number of aliphatic imine (C=N–C) groups is 1. The van der Waals surface area contributed by atoms with Gasteiger partial charge in [0.1, 0.15) is 5.75 Å². The van der Waals surface area contributed by atoms with Crippen LogP contribution in [0, 0.1) is 0 Å². The van der Waals surface area contributed by atoms with Crippen molar-refractivity contribution < 1.29 is 27.8 Å². The molecule has 1 aliphatic heterocycles. The number of carbonyl (C=O) groups is 1. The number of aliphatic hydroxyl groups is 1. The molecule has 4 aromatic rings. The predicted octanol–water partition coefficient (Wildman–Crippen LogP) is 6.30. The fraction of sp³-hybridized carbons (Fsp3) is 0.235. The Morgan fingerprint density at radius 3 is 2.44 bits per heavy atom. The molecule has 0 fully saturated rings. The average molecular weight is 712 g/mol. The van der Waals surface area contributed by atoms with Crippen molar-refractivity contribution in [2.75, 3.05) is 19.0 Å². The van der Waals surface area contributed by atoms with Crippen molar-refractivity contribution in [3.63, 3.8) is 0 Å². The first kappa shape index (κ1) is 32.7. The highest BCUT2D eigenvalue weighted by Crippen LogP contribution is 2.45. The van der Waals surface area contributed by atoms with Gasteiger partial charge in [-0.05, 0) is 60.2 Å². The zero-order valence-corrected chi connectivity index (χ0v) is 27.4. The Morgan fingerprint density at radius 2 is 1.73 bits per heavy atom. The summed E-state index contributed by atoms with van der Waals surface area (Å²) in [6, 6.07) is 29.7. The monoisotopic (exact) mass is 710 g/mol. The van der Waals surface area contributed by atoms with Crippen molar-refractivity contribution in [2.24, 2.45) is 4.99 Å². The number of halogens is 2. The maximum absolute atomic E-state index is 14.4. The number of nitrogens with zero attached hydrogens (tertiary/aromatic N) is 1. The van der Waals surface area contributed by atoms with Gasteiger partial charge in [0.2, 0.25) is 5.90 Å². The largest absolute Gasteiger partial charge is 0.494 e. The Labute approximate surface area is 276 Å². The maximum Gasteiger partial charge on any atom is 0.252 e. The van der Waals surface area contributed by atoms with Gasteiger partial charge in [-0.2, -0.15) is 0 Å². The van der Waals surface area contributed by atoms with Crippen LogP contribution in [0.2, 0.25) is 5.02 Å². The van der Waals surface area contributed by atoms with Crippen molar-refractivity contribution in [3.8, 4) is 5.75 Å². The molecule has 5 rings (SSSR count). The van der Waals surface area contributed by atoms with E-state index in [0.717, 1.165) is 5.56 Å². The van der Waals surface area contributed by atoms with E-state index in [1.54, 1.807) is 60.7 Å². The molecular weight excluding hydrogens is 680 g/mol. The molecule has 8 nitrogen and oxygen atoms in total. The minimum atomic E-state index is -3.78. The number of hydrogen-bond acceptors (Lipinski definition) is 7. The van der Waals surface area contributed by atoms with E-state index in [2.05, 4.69) is 21.2 Å². The standard InChI is InChI=1S/C34H32BrClN2O6S/c35-30-13-5-4-12-29(30)31-34(18-21-45(41,42)28-10-2-1-3-11-28,33(40)37-23-24-8-6-9-26(36)22-24)38-32(44-31)25-14-16-27(17-15-25)43-20-7-19-39/h1-6,8-17,22,31,39H,7,18-21,23H2,(H,37,40)/t31-,34-/m1/s1. The third-order valence-electron chi connectivity index (χ3n) is 7.41. The number of ether oxygens (including phenoxy) is 2. The third kappa shape index (κ3) is 7.76. The van der Waals surface area contributed by atoms with Crippen LogP contribution in [0.1, 0.15) is 35.6 Å². The van der Waals surface area contributed by atoms with E-state index < -0.39 is 27.4 Å². The van der Waals surface area contributed by atoms with Crippen LogP contribution in [0.25, 0.3) is 0 Å². The summed E-state index contributed by atoms with van der Waals surface area (Å²) in [7, 11) is -3.78. The molecule has 1 aliphatic rings. The van der Waals surface area contributed by atoms with Gasteiger partial charge in [0.15, 0.2) is 21.5 Å². The van der Waals surface area contributed by atoms with Crippen LogP contribution in [0.4, 0.5) is 0 Å². The van der Waals surface area contributed by atoms with Gasteiger partial charge in [-0.1, -0.05) is 76.1 Å². The maximum atomic E-state index is 14.4. The van der Waals surface area contributed by atoms with Gasteiger partial charge in [-0.3, -0.25) is 4.79 Å². The lowest BCUT2D eigenvalue weighted by molar-refractivity contribution is -0.129. The van der Waals surface area contributed by atoms with Crippen LogP contribution in [0.15, 0.2) is 117 Å². The van der Waals surface area contributed by atoms with Gasteiger partial charge >= 0.3 is 0 Å². The summed E-state index contributed by atoms with van der Waals surface area (Å²) >= 11 is 9.78. The molecule has 4 aromatic carbocycles. The van der Waals surface area contributed by atoms with Crippen LogP contribution in [-0.4, -0.2) is 49.8 Å². The molecule has 0 saturated carbocycles. The fourth-order valence-corrected chi connectivity index (χ4v) is 7.15. The predicted molar refractivity (Wildman–Crippen MR) is 177 cm³/mol. The summed E-state index contributed by atoms with van der Waals surface area (Å²) in [5.74, 6) is -0.0221. The molecular formula is C34H32BrClN2O6S. The molecule has 11 heteroatoms. The highest BCUT2D eigenvalue weighted by molar-refractivity contribution is 9.10. The first-order valence-corrected chi connectivity index (χ1v) is 17.2. The molecule has 234 valence electrons. The summed E-state index contributed by atoms with van der Waals surface area (Å²) < 4.78 is 39.9. The molecule has 0 radical (unpaired) electrons. The Hall–Kier alpha value is -3.70. The lowest BCUT2D eigenvalue weighted by Crippen LogP contribution is -2.49. The molecule has 0 spiro atoms. The molecule has 2 N–H and O–H groups in total. The minimum Gasteiger partial charge on any atom is -0.494 e. The zero-order chi connectivity index (χ0) is 31.9.